The lowest BCUT2D eigenvalue weighted by molar-refractivity contribution is -0.127. The minimum Gasteiger partial charge on any atom is -0.439 e. The summed E-state index contributed by atoms with van der Waals surface area (Å²) in [5.41, 5.74) is 8.38. The Bertz CT molecular complexity index is 1190. The van der Waals surface area contributed by atoms with Gasteiger partial charge in [-0.3, -0.25) is 10.2 Å². The van der Waals surface area contributed by atoms with E-state index in [1.807, 2.05) is 31.2 Å². The first-order valence-electron chi connectivity index (χ1n) is 11.0. The van der Waals surface area contributed by atoms with E-state index in [2.05, 4.69) is 26.8 Å². The molecule has 1 aliphatic rings. The maximum absolute atomic E-state index is 12.0. The van der Waals surface area contributed by atoms with Crippen molar-refractivity contribution in [2.24, 2.45) is 0 Å². The van der Waals surface area contributed by atoms with Crippen molar-refractivity contribution in [2.75, 3.05) is 24.1 Å². The van der Waals surface area contributed by atoms with Crippen molar-refractivity contribution in [3.8, 4) is 11.6 Å². The lowest BCUT2D eigenvalue weighted by atomic mass is 10.0. The number of aromatic nitrogens is 3. The number of nitrogen functional groups attached to an aromatic ring is 1. The number of hydrogen-bond donors (Lipinski definition) is 3. The number of nitrogens with one attached hydrogen (secondary N) is 2. The Morgan fingerprint density at radius 2 is 2.03 bits per heavy atom. The van der Waals surface area contributed by atoms with Crippen LogP contribution in [0.25, 0.3) is 0 Å². The van der Waals surface area contributed by atoms with Gasteiger partial charge in [0.25, 0.3) is 0 Å². The van der Waals surface area contributed by atoms with E-state index in [-0.39, 0.29) is 23.5 Å². The molecule has 2 aromatic heterocycles. The molecule has 1 unspecified atom stereocenters. The molecule has 1 atom stereocenters. The van der Waals surface area contributed by atoms with E-state index in [4.69, 9.17) is 15.9 Å². The van der Waals surface area contributed by atoms with Crippen LogP contribution in [0.5, 0.6) is 11.6 Å². The van der Waals surface area contributed by atoms with Gasteiger partial charge in [0.2, 0.25) is 11.8 Å². The van der Waals surface area contributed by atoms with Crippen LogP contribution in [-0.2, 0) is 4.79 Å². The Morgan fingerprint density at radius 1 is 1.24 bits per heavy atom. The molecule has 1 amide bonds. The number of carbonyl (C=O) groups excluding carboxylic acids is 1. The van der Waals surface area contributed by atoms with Gasteiger partial charge in [-0.2, -0.15) is 0 Å². The maximum atomic E-state index is 12.0. The summed E-state index contributed by atoms with van der Waals surface area (Å²) >= 11 is 0. The fourth-order valence-corrected chi connectivity index (χ4v) is 3.83. The van der Waals surface area contributed by atoms with Gasteiger partial charge in [0.1, 0.15) is 23.7 Å². The highest BCUT2D eigenvalue weighted by molar-refractivity contribution is 6.16. The Balaban J connectivity index is 1.51. The van der Waals surface area contributed by atoms with Gasteiger partial charge in [0.05, 0.1) is 11.3 Å². The zero-order chi connectivity index (χ0) is 24.1. The number of anilines is 2. The van der Waals surface area contributed by atoms with Crippen LogP contribution in [0.1, 0.15) is 29.5 Å². The zero-order valence-corrected chi connectivity index (χ0v) is 19.0. The van der Waals surface area contributed by atoms with E-state index in [1.165, 1.54) is 12.4 Å². The summed E-state index contributed by atoms with van der Waals surface area (Å²) in [5, 5.41) is 12.1. The molecule has 34 heavy (non-hydrogen) atoms. The fraction of sp³-hybridized carbons (Fsp3) is 0.240. The highest BCUT2D eigenvalue weighted by atomic mass is 16.5. The molecule has 9 heteroatoms. The molecule has 0 bridgehead atoms. The fourth-order valence-electron chi connectivity index (χ4n) is 3.83. The van der Waals surface area contributed by atoms with E-state index in [1.54, 1.807) is 23.2 Å². The first kappa shape index (κ1) is 22.9. The van der Waals surface area contributed by atoms with Crippen LogP contribution < -0.4 is 15.8 Å². The summed E-state index contributed by atoms with van der Waals surface area (Å²) in [7, 11) is 0. The van der Waals surface area contributed by atoms with E-state index in [9.17, 15) is 4.79 Å². The SMILES string of the molecule is C=CC(=O)N1CCCC(Nc2ncnc(N)c2C(=N)c2ccc(Oc3ccc(C)cc3)nc2)C1. The molecule has 4 rings (SSSR count). The van der Waals surface area contributed by atoms with Gasteiger partial charge in [-0.1, -0.05) is 24.3 Å². The number of carbonyl (C=O) groups is 1. The number of ether oxygens (including phenoxy) is 1. The van der Waals surface area contributed by atoms with Gasteiger partial charge in [0, 0.05) is 37.0 Å². The lowest BCUT2D eigenvalue weighted by Crippen LogP contribution is -2.44. The van der Waals surface area contributed by atoms with Crippen molar-refractivity contribution in [3.05, 3.63) is 78.3 Å². The van der Waals surface area contributed by atoms with Crippen molar-refractivity contribution in [1.82, 2.24) is 19.9 Å². The van der Waals surface area contributed by atoms with Gasteiger partial charge in [0.15, 0.2) is 0 Å². The van der Waals surface area contributed by atoms with Crippen molar-refractivity contribution in [1.29, 1.82) is 5.41 Å². The quantitative estimate of drug-likeness (QED) is 0.365. The Hall–Kier alpha value is -4.27. The number of nitrogens with two attached hydrogens (primary N) is 1. The predicted octanol–water partition coefficient (Wildman–Crippen LogP) is 3.56. The number of benzene rings is 1. The molecule has 3 heterocycles. The number of rotatable bonds is 7. The normalized spacial score (nSPS) is 15.4. The molecule has 0 saturated carbocycles. The first-order chi connectivity index (χ1) is 16.4. The lowest BCUT2D eigenvalue weighted by Gasteiger charge is -2.33. The number of hydrogen-bond acceptors (Lipinski definition) is 8. The topological polar surface area (TPSA) is 130 Å². The summed E-state index contributed by atoms with van der Waals surface area (Å²) < 4.78 is 5.78. The van der Waals surface area contributed by atoms with E-state index in [0.29, 0.717) is 41.7 Å². The van der Waals surface area contributed by atoms with Gasteiger partial charge < -0.3 is 20.7 Å². The third kappa shape index (κ3) is 5.20. The molecule has 1 aliphatic heterocycles. The van der Waals surface area contributed by atoms with E-state index >= 15 is 0 Å². The number of likely N-dealkylation sites (tertiary alicyclic amines) is 1. The molecule has 1 aromatic carbocycles. The summed E-state index contributed by atoms with van der Waals surface area (Å²) in [6.07, 6.45) is 5.97. The molecule has 9 nitrogen and oxygen atoms in total. The first-order valence-corrected chi connectivity index (χ1v) is 11.0. The van der Waals surface area contributed by atoms with Crippen LogP contribution in [0.4, 0.5) is 11.6 Å². The second-order valence-corrected chi connectivity index (χ2v) is 8.13. The van der Waals surface area contributed by atoms with Crippen molar-refractivity contribution >= 4 is 23.3 Å². The molecule has 0 aliphatic carbocycles. The van der Waals surface area contributed by atoms with Crippen LogP contribution in [0.15, 0.2) is 61.6 Å². The highest BCUT2D eigenvalue weighted by Crippen LogP contribution is 2.25. The van der Waals surface area contributed by atoms with Crippen LogP contribution >= 0.6 is 0 Å². The minimum absolute atomic E-state index is 0.0260. The molecular formula is C25H27N7O2. The Labute approximate surface area is 198 Å². The molecule has 4 N–H and O–H groups in total. The third-order valence-corrected chi connectivity index (χ3v) is 5.64. The maximum Gasteiger partial charge on any atom is 0.246 e. The number of nitrogens with zero attached hydrogens (tertiary/aromatic N) is 4. The third-order valence-electron chi connectivity index (χ3n) is 5.64. The van der Waals surface area contributed by atoms with Crippen LogP contribution in [-0.4, -0.2) is 50.6 Å². The Kier molecular flexibility index (Phi) is 6.82. The van der Waals surface area contributed by atoms with Gasteiger partial charge in [-0.25, -0.2) is 15.0 Å². The average Bonchev–Trinajstić information content (AvgIpc) is 2.85. The van der Waals surface area contributed by atoms with Crippen molar-refractivity contribution in [3.63, 3.8) is 0 Å². The molecule has 1 fully saturated rings. The van der Waals surface area contributed by atoms with Crippen LogP contribution in [0, 0.1) is 12.3 Å². The van der Waals surface area contributed by atoms with Gasteiger partial charge in [-0.05, 0) is 44.0 Å². The number of amides is 1. The molecule has 1 saturated heterocycles. The molecule has 174 valence electrons. The second kappa shape index (κ2) is 10.1. The highest BCUT2D eigenvalue weighted by Gasteiger charge is 2.25. The predicted molar refractivity (Wildman–Crippen MR) is 131 cm³/mol. The summed E-state index contributed by atoms with van der Waals surface area (Å²) in [6, 6.07) is 11.1. The standard InChI is InChI=1S/C25H27N7O2/c1-3-21(33)32-12-4-5-18(14-32)31-25-22(24(27)29-15-30-25)23(26)17-8-11-20(28-13-17)34-19-9-6-16(2)7-10-19/h3,6-11,13,15,18,26H,1,4-5,12,14H2,2H3,(H3,27,29,30,31). The summed E-state index contributed by atoms with van der Waals surface area (Å²) in [6.45, 7) is 6.79. The monoisotopic (exact) mass is 457 g/mol. The van der Waals surface area contributed by atoms with Gasteiger partial charge >= 0.3 is 0 Å². The molecular weight excluding hydrogens is 430 g/mol. The zero-order valence-electron chi connectivity index (χ0n) is 19.0. The van der Waals surface area contributed by atoms with Gasteiger partial charge in [-0.15, -0.1) is 0 Å². The smallest absolute Gasteiger partial charge is 0.246 e. The minimum atomic E-state index is -0.0966. The second-order valence-electron chi connectivity index (χ2n) is 8.13. The Morgan fingerprint density at radius 3 is 2.74 bits per heavy atom. The van der Waals surface area contributed by atoms with Crippen LogP contribution in [0.2, 0.25) is 0 Å². The van der Waals surface area contributed by atoms with E-state index < -0.39 is 0 Å². The largest absolute Gasteiger partial charge is 0.439 e. The van der Waals surface area contributed by atoms with Crippen molar-refractivity contribution < 1.29 is 9.53 Å². The number of piperidine rings is 1. The molecule has 3 aromatic rings. The number of pyridine rings is 1. The molecule has 0 spiro atoms. The summed E-state index contributed by atoms with van der Waals surface area (Å²) in [4.78, 5) is 26.5. The summed E-state index contributed by atoms with van der Waals surface area (Å²) in [5.74, 6) is 1.66. The van der Waals surface area contributed by atoms with Crippen LogP contribution in [0.3, 0.4) is 0 Å². The van der Waals surface area contributed by atoms with E-state index in [0.717, 1.165) is 18.4 Å². The average molecular weight is 458 g/mol. The number of aryl methyl sites for hydroxylation is 1. The van der Waals surface area contributed by atoms with Crippen molar-refractivity contribution in [2.45, 2.75) is 25.8 Å². The molecule has 0 radical (unpaired) electrons.